The average molecular weight is 1140 g/mol. The van der Waals surface area contributed by atoms with E-state index in [9.17, 15) is 14.4 Å². The summed E-state index contributed by atoms with van der Waals surface area (Å²) in [5.74, 6) is -1.04. The number of hydrogen-bond acceptors (Lipinski definition) is 6. The highest BCUT2D eigenvalue weighted by Crippen LogP contribution is 2.13. The van der Waals surface area contributed by atoms with E-state index in [0.29, 0.717) is 19.3 Å². The summed E-state index contributed by atoms with van der Waals surface area (Å²) in [5, 5.41) is 0. The Hall–Kier alpha value is -5.75. The van der Waals surface area contributed by atoms with Crippen molar-refractivity contribution in [2.45, 2.75) is 258 Å². The van der Waals surface area contributed by atoms with Gasteiger partial charge in [-0.2, -0.15) is 0 Å². The van der Waals surface area contributed by atoms with Crippen molar-refractivity contribution < 1.29 is 28.6 Å². The lowest BCUT2D eigenvalue weighted by molar-refractivity contribution is -0.167. The van der Waals surface area contributed by atoms with Gasteiger partial charge < -0.3 is 14.2 Å². The molecule has 0 aromatic heterocycles. The van der Waals surface area contributed by atoms with E-state index in [1.807, 2.05) is 0 Å². The Kier molecular flexibility index (Phi) is 64.0. The number of ether oxygens (including phenoxy) is 3. The zero-order chi connectivity index (χ0) is 59.9. The second-order valence-electron chi connectivity index (χ2n) is 20.9. The van der Waals surface area contributed by atoms with Crippen molar-refractivity contribution in [1.29, 1.82) is 0 Å². The van der Waals surface area contributed by atoms with E-state index in [1.54, 1.807) is 0 Å². The van der Waals surface area contributed by atoms with Crippen LogP contribution in [0.1, 0.15) is 252 Å². The quantitative estimate of drug-likeness (QED) is 0.0261. The standard InChI is InChI=1S/C77H118O6/c1-4-7-10-13-16-19-22-25-28-31-33-35-37-38-40-41-43-46-49-52-55-58-61-64-67-70-76(79)82-73-74(72-81-75(78)69-66-63-60-57-54-51-48-45-30-27-24-21-18-15-12-9-6-3)83-77(80)71-68-65-62-59-56-53-50-47-44-42-39-36-34-32-29-26-23-20-17-14-11-8-5-2/h7-8,10-11,16-21,25-30,33-36,38,40,42-44,46,50,52-53,55,59,62,74H,4-6,9,12-15,22-24,31-32,37,39,41,45,47-49,51,54,56-58,60-61,63-73H2,1-3H3/b10-7-,11-8-,19-16-,20-17-,21-18-,28-25-,29-26-,30-27-,35-33-,36-34-,40-38-,44-42-,46-43-,53-50-,55-52-,62-59-. The van der Waals surface area contributed by atoms with Gasteiger partial charge in [0, 0.05) is 19.3 Å². The topological polar surface area (TPSA) is 78.9 Å². The molecule has 0 saturated carbocycles. The van der Waals surface area contributed by atoms with Gasteiger partial charge in [0.05, 0.1) is 0 Å². The lowest BCUT2D eigenvalue weighted by atomic mass is 10.1. The molecule has 0 aromatic carbocycles. The number of allylic oxidation sites excluding steroid dienone is 32. The zero-order valence-electron chi connectivity index (χ0n) is 52.9. The summed E-state index contributed by atoms with van der Waals surface area (Å²) >= 11 is 0. The first-order valence-electron chi connectivity index (χ1n) is 32.9. The minimum absolute atomic E-state index is 0.127. The lowest BCUT2D eigenvalue weighted by Crippen LogP contribution is -2.30. The third-order valence-electron chi connectivity index (χ3n) is 13.1. The Labute approximate surface area is 509 Å². The van der Waals surface area contributed by atoms with E-state index >= 15 is 0 Å². The second kappa shape index (κ2) is 68.7. The fourth-order valence-corrected chi connectivity index (χ4v) is 8.21. The molecule has 0 aliphatic carbocycles. The number of carbonyl (C=O) groups is 3. The summed E-state index contributed by atoms with van der Waals surface area (Å²) in [4.78, 5) is 38.4. The van der Waals surface area contributed by atoms with Crippen LogP contribution in [0.2, 0.25) is 0 Å². The summed E-state index contributed by atoms with van der Waals surface area (Å²) in [6.07, 6.45) is 104. The first-order chi connectivity index (χ1) is 41.0. The van der Waals surface area contributed by atoms with E-state index in [4.69, 9.17) is 14.2 Å². The Balaban J connectivity index is 4.61. The number of esters is 3. The zero-order valence-corrected chi connectivity index (χ0v) is 52.9. The third kappa shape index (κ3) is 66.9. The molecule has 462 valence electrons. The van der Waals surface area contributed by atoms with Gasteiger partial charge in [-0.3, -0.25) is 14.4 Å². The molecule has 0 heterocycles. The first kappa shape index (κ1) is 77.2. The molecule has 0 amide bonds. The van der Waals surface area contributed by atoms with Crippen molar-refractivity contribution in [3.63, 3.8) is 0 Å². The van der Waals surface area contributed by atoms with Gasteiger partial charge in [0.25, 0.3) is 0 Å². The van der Waals surface area contributed by atoms with Crippen LogP contribution in [0.3, 0.4) is 0 Å². The number of hydrogen-bond donors (Lipinski definition) is 0. The van der Waals surface area contributed by atoms with E-state index in [-0.39, 0.29) is 37.5 Å². The van der Waals surface area contributed by atoms with Crippen molar-refractivity contribution in [1.82, 2.24) is 0 Å². The largest absolute Gasteiger partial charge is 0.462 e. The van der Waals surface area contributed by atoms with Crippen LogP contribution in [-0.4, -0.2) is 37.2 Å². The third-order valence-corrected chi connectivity index (χ3v) is 13.1. The number of rotatable bonds is 57. The maximum absolute atomic E-state index is 12.9. The summed E-state index contributed by atoms with van der Waals surface area (Å²) in [5.41, 5.74) is 0. The van der Waals surface area contributed by atoms with Gasteiger partial charge in [-0.25, -0.2) is 0 Å². The molecule has 0 aliphatic rings. The maximum atomic E-state index is 12.9. The van der Waals surface area contributed by atoms with Crippen LogP contribution in [0.5, 0.6) is 0 Å². The van der Waals surface area contributed by atoms with Crippen molar-refractivity contribution >= 4 is 17.9 Å². The Morgan fingerprint density at radius 1 is 0.253 bits per heavy atom. The normalized spacial score (nSPS) is 13.4. The van der Waals surface area contributed by atoms with Crippen molar-refractivity contribution in [3.8, 4) is 0 Å². The van der Waals surface area contributed by atoms with Crippen molar-refractivity contribution in [3.05, 3.63) is 194 Å². The van der Waals surface area contributed by atoms with Gasteiger partial charge in [0.1, 0.15) is 13.2 Å². The van der Waals surface area contributed by atoms with Crippen LogP contribution in [0.25, 0.3) is 0 Å². The smallest absolute Gasteiger partial charge is 0.306 e. The molecule has 0 bridgehead atoms. The fraction of sp³-hybridized carbons (Fsp3) is 0.545. The van der Waals surface area contributed by atoms with E-state index in [1.165, 1.54) is 51.4 Å². The number of carbonyl (C=O) groups excluding carboxylic acids is 3. The highest BCUT2D eigenvalue weighted by molar-refractivity contribution is 5.71. The van der Waals surface area contributed by atoms with Crippen molar-refractivity contribution in [2.75, 3.05) is 13.2 Å². The Morgan fingerprint density at radius 2 is 0.482 bits per heavy atom. The van der Waals surface area contributed by atoms with Gasteiger partial charge in [-0.05, 0) is 161 Å². The van der Waals surface area contributed by atoms with Gasteiger partial charge in [-0.15, -0.1) is 0 Å². The predicted molar refractivity (Wildman–Crippen MR) is 361 cm³/mol. The van der Waals surface area contributed by atoms with Crippen LogP contribution >= 0.6 is 0 Å². The first-order valence-corrected chi connectivity index (χ1v) is 32.9. The molecule has 1 atom stereocenters. The minimum atomic E-state index is -0.841. The molecule has 0 saturated heterocycles. The number of unbranched alkanes of at least 4 members (excludes halogenated alkanes) is 14. The summed E-state index contributed by atoms with van der Waals surface area (Å²) < 4.78 is 16.9. The van der Waals surface area contributed by atoms with Gasteiger partial charge in [0.15, 0.2) is 6.10 Å². The van der Waals surface area contributed by atoms with Crippen LogP contribution in [0.15, 0.2) is 194 Å². The molecule has 1 unspecified atom stereocenters. The molecule has 6 nitrogen and oxygen atoms in total. The van der Waals surface area contributed by atoms with Crippen molar-refractivity contribution in [2.24, 2.45) is 0 Å². The van der Waals surface area contributed by atoms with Crippen LogP contribution in [0, 0.1) is 0 Å². The lowest BCUT2D eigenvalue weighted by Gasteiger charge is -2.18. The molecular weight excluding hydrogens is 1020 g/mol. The average Bonchev–Trinajstić information content (AvgIpc) is 3.49. The molecule has 83 heavy (non-hydrogen) atoms. The van der Waals surface area contributed by atoms with Crippen LogP contribution < -0.4 is 0 Å². The van der Waals surface area contributed by atoms with Crippen LogP contribution in [-0.2, 0) is 28.6 Å². The molecule has 6 heteroatoms. The van der Waals surface area contributed by atoms with Gasteiger partial charge >= 0.3 is 17.9 Å². The van der Waals surface area contributed by atoms with Gasteiger partial charge in [0.2, 0.25) is 0 Å². The molecule has 0 N–H and O–H groups in total. The summed E-state index contributed by atoms with van der Waals surface area (Å²) in [6.45, 7) is 6.30. The predicted octanol–water partition coefficient (Wildman–Crippen LogP) is 23.0. The molecule has 0 aromatic rings. The van der Waals surface area contributed by atoms with E-state index in [0.717, 1.165) is 154 Å². The van der Waals surface area contributed by atoms with Gasteiger partial charge in [-0.1, -0.05) is 267 Å². The highest BCUT2D eigenvalue weighted by atomic mass is 16.6. The van der Waals surface area contributed by atoms with E-state index < -0.39 is 6.10 Å². The second-order valence-corrected chi connectivity index (χ2v) is 20.9. The SMILES string of the molecule is CC/C=C\C/C=C\C/C=C\C/C=C\C/C=C\C/C=C\C/C=C\CCCCCC(=O)OCC(COC(=O)CCCCCCCCC/C=C\C/C=C\CCCCC)OC(=O)CCC/C=C\C/C=C\C/C=C\C/C=C\C/C=C\C/C=C\C/C=C\CC. The minimum Gasteiger partial charge on any atom is -0.462 e. The monoisotopic (exact) mass is 1140 g/mol. The van der Waals surface area contributed by atoms with E-state index in [2.05, 4.69) is 215 Å². The Bertz CT molecular complexity index is 1990. The molecule has 0 spiro atoms. The Morgan fingerprint density at radius 3 is 0.783 bits per heavy atom. The molecule has 0 radical (unpaired) electrons. The van der Waals surface area contributed by atoms with Crippen LogP contribution in [0.4, 0.5) is 0 Å². The molecule has 0 aliphatic heterocycles. The highest BCUT2D eigenvalue weighted by Gasteiger charge is 2.19. The molecule has 0 fully saturated rings. The summed E-state index contributed by atoms with van der Waals surface area (Å²) in [6, 6.07) is 0. The molecular formula is C77H118O6. The fourth-order valence-electron chi connectivity index (χ4n) is 8.21. The maximum Gasteiger partial charge on any atom is 0.306 e. The molecule has 0 rings (SSSR count). The summed E-state index contributed by atoms with van der Waals surface area (Å²) in [7, 11) is 0.